The number of rotatable bonds is 3. The minimum atomic E-state index is -1.00. The molecule has 0 bridgehead atoms. The third-order valence-corrected chi connectivity index (χ3v) is 4.30. The SMILES string of the molecule is CC1OC(NCC2=CN(C)C3N=C(N)NC(=O)C23)C(O)C1O. The summed E-state index contributed by atoms with van der Waals surface area (Å²) in [6.07, 6.45) is -1.54. The lowest BCUT2D eigenvalue weighted by molar-refractivity contribution is -0.124. The highest BCUT2D eigenvalue weighted by molar-refractivity contribution is 6.01. The van der Waals surface area contributed by atoms with Gasteiger partial charge in [0.05, 0.1) is 6.10 Å². The summed E-state index contributed by atoms with van der Waals surface area (Å²) in [7, 11) is 1.83. The van der Waals surface area contributed by atoms with Gasteiger partial charge in [0.15, 0.2) is 5.96 Å². The third-order valence-electron chi connectivity index (χ3n) is 4.30. The van der Waals surface area contributed by atoms with Crippen molar-refractivity contribution in [2.45, 2.75) is 37.6 Å². The molecule has 3 heterocycles. The van der Waals surface area contributed by atoms with Crippen molar-refractivity contribution in [1.29, 1.82) is 0 Å². The van der Waals surface area contributed by atoms with Gasteiger partial charge in [-0.25, -0.2) is 4.99 Å². The third kappa shape index (κ3) is 2.45. The number of carbonyl (C=O) groups excluding carboxylic acids is 1. The Labute approximate surface area is 127 Å². The first-order valence-electron chi connectivity index (χ1n) is 7.20. The Hall–Kier alpha value is -1.68. The summed E-state index contributed by atoms with van der Waals surface area (Å²) < 4.78 is 5.45. The van der Waals surface area contributed by atoms with Gasteiger partial charge >= 0.3 is 0 Å². The molecular formula is C13H21N5O4. The lowest BCUT2D eigenvalue weighted by atomic mass is 9.97. The zero-order chi connectivity index (χ0) is 16.0. The second kappa shape index (κ2) is 5.51. The summed E-state index contributed by atoms with van der Waals surface area (Å²) in [5.41, 5.74) is 6.41. The van der Waals surface area contributed by atoms with Crippen LogP contribution in [0.4, 0.5) is 0 Å². The molecule has 6 N–H and O–H groups in total. The van der Waals surface area contributed by atoms with Crippen LogP contribution in [0.2, 0.25) is 0 Å². The van der Waals surface area contributed by atoms with E-state index in [0.29, 0.717) is 6.54 Å². The molecule has 122 valence electrons. The van der Waals surface area contributed by atoms with Crippen LogP contribution in [0.5, 0.6) is 0 Å². The first-order valence-corrected chi connectivity index (χ1v) is 7.20. The van der Waals surface area contributed by atoms with Crippen molar-refractivity contribution in [2.75, 3.05) is 13.6 Å². The van der Waals surface area contributed by atoms with E-state index in [9.17, 15) is 15.0 Å². The smallest absolute Gasteiger partial charge is 0.238 e. The van der Waals surface area contributed by atoms with E-state index in [4.69, 9.17) is 10.5 Å². The Morgan fingerprint density at radius 2 is 2.23 bits per heavy atom. The topological polar surface area (TPSA) is 132 Å². The van der Waals surface area contributed by atoms with Crippen LogP contribution in [0.1, 0.15) is 6.92 Å². The van der Waals surface area contributed by atoms with Gasteiger partial charge in [0.25, 0.3) is 0 Å². The molecule has 0 spiro atoms. The molecule has 0 aromatic carbocycles. The quantitative estimate of drug-likeness (QED) is 0.382. The summed E-state index contributed by atoms with van der Waals surface area (Å²) in [5, 5.41) is 25.1. The number of nitrogens with two attached hydrogens (primary N) is 1. The molecule has 0 radical (unpaired) electrons. The fraction of sp³-hybridized carbons (Fsp3) is 0.692. The maximum atomic E-state index is 12.1. The zero-order valence-electron chi connectivity index (χ0n) is 12.4. The van der Waals surface area contributed by atoms with Crippen LogP contribution in [-0.2, 0) is 9.53 Å². The largest absolute Gasteiger partial charge is 0.388 e. The number of guanidine groups is 1. The number of aliphatic imine (C=N–C) groups is 1. The highest BCUT2D eigenvalue weighted by Gasteiger charge is 2.43. The van der Waals surface area contributed by atoms with Gasteiger partial charge in [-0.3, -0.25) is 15.4 Å². The van der Waals surface area contributed by atoms with Crippen LogP contribution in [0.25, 0.3) is 0 Å². The van der Waals surface area contributed by atoms with Crippen LogP contribution in [0.15, 0.2) is 16.8 Å². The fourth-order valence-corrected chi connectivity index (χ4v) is 3.08. The number of hydrogen-bond donors (Lipinski definition) is 5. The molecule has 0 saturated carbocycles. The minimum Gasteiger partial charge on any atom is -0.388 e. The lowest BCUT2D eigenvalue weighted by Gasteiger charge is -2.28. The first-order chi connectivity index (χ1) is 10.4. The Balaban J connectivity index is 1.66. The van der Waals surface area contributed by atoms with E-state index in [-0.39, 0.29) is 18.0 Å². The number of aliphatic hydroxyl groups excluding tert-OH is 2. The zero-order valence-corrected chi connectivity index (χ0v) is 12.4. The maximum Gasteiger partial charge on any atom is 0.238 e. The van der Waals surface area contributed by atoms with Crippen LogP contribution in [-0.4, -0.2) is 71.3 Å². The number of nitrogens with one attached hydrogen (secondary N) is 2. The van der Waals surface area contributed by atoms with Gasteiger partial charge in [-0.05, 0) is 12.5 Å². The fourth-order valence-electron chi connectivity index (χ4n) is 3.08. The number of aliphatic hydroxyl groups is 2. The number of hydrogen-bond acceptors (Lipinski definition) is 8. The van der Waals surface area contributed by atoms with Gasteiger partial charge in [-0.1, -0.05) is 0 Å². The monoisotopic (exact) mass is 311 g/mol. The number of amides is 1. The van der Waals surface area contributed by atoms with Crippen molar-refractivity contribution in [2.24, 2.45) is 16.6 Å². The van der Waals surface area contributed by atoms with Gasteiger partial charge in [-0.2, -0.15) is 0 Å². The molecule has 3 aliphatic heterocycles. The van der Waals surface area contributed by atoms with Gasteiger partial charge in [0.2, 0.25) is 5.91 Å². The van der Waals surface area contributed by atoms with E-state index < -0.39 is 30.5 Å². The molecule has 9 heteroatoms. The Morgan fingerprint density at radius 3 is 2.86 bits per heavy atom. The van der Waals surface area contributed by atoms with Gasteiger partial charge in [0.1, 0.15) is 30.5 Å². The first kappa shape index (κ1) is 15.2. The van der Waals surface area contributed by atoms with E-state index in [0.717, 1.165) is 5.57 Å². The van der Waals surface area contributed by atoms with Crippen molar-refractivity contribution in [1.82, 2.24) is 15.5 Å². The predicted molar refractivity (Wildman–Crippen MR) is 77.2 cm³/mol. The second-order valence-corrected chi connectivity index (χ2v) is 5.89. The predicted octanol–water partition coefficient (Wildman–Crippen LogP) is -2.74. The number of carbonyl (C=O) groups is 1. The molecule has 0 aromatic heterocycles. The highest BCUT2D eigenvalue weighted by atomic mass is 16.6. The van der Waals surface area contributed by atoms with Crippen LogP contribution in [0.3, 0.4) is 0 Å². The van der Waals surface area contributed by atoms with E-state index in [2.05, 4.69) is 15.6 Å². The molecular weight excluding hydrogens is 290 g/mol. The molecule has 3 aliphatic rings. The molecule has 9 nitrogen and oxygen atoms in total. The molecule has 6 atom stereocenters. The van der Waals surface area contributed by atoms with Crippen molar-refractivity contribution in [3.8, 4) is 0 Å². The van der Waals surface area contributed by atoms with Crippen molar-refractivity contribution in [3.63, 3.8) is 0 Å². The minimum absolute atomic E-state index is 0.118. The van der Waals surface area contributed by atoms with E-state index in [1.165, 1.54) is 0 Å². The summed E-state index contributed by atoms with van der Waals surface area (Å²) in [6, 6.07) is 0. The van der Waals surface area contributed by atoms with Gasteiger partial charge in [0, 0.05) is 19.8 Å². The maximum absolute atomic E-state index is 12.1. The normalized spacial score (nSPS) is 41.1. The van der Waals surface area contributed by atoms with Crippen LogP contribution in [0, 0.1) is 5.92 Å². The molecule has 1 fully saturated rings. The molecule has 0 aliphatic carbocycles. The summed E-state index contributed by atoms with van der Waals surface area (Å²) >= 11 is 0. The summed E-state index contributed by atoms with van der Waals surface area (Å²) in [6.45, 7) is 2.04. The van der Waals surface area contributed by atoms with Crippen LogP contribution >= 0.6 is 0 Å². The van der Waals surface area contributed by atoms with Crippen molar-refractivity contribution < 1.29 is 19.7 Å². The van der Waals surface area contributed by atoms with E-state index in [1.54, 1.807) is 6.92 Å². The summed E-state index contributed by atoms with van der Waals surface area (Å²) in [5.74, 6) is -0.505. The number of ether oxygens (including phenoxy) is 1. The standard InChI is InChI=1S/C13H21N5O4/c1-5-8(19)9(20)12(22-5)15-3-6-4-18(2)10-7(6)11(21)17-13(14)16-10/h4-5,7-10,12,15,19-20H,3H2,1-2H3,(H3,14,16,17,21). The van der Waals surface area contributed by atoms with Gasteiger partial charge in [-0.15, -0.1) is 0 Å². The number of nitrogens with zero attached hydrogens (tertiary/aromatic N) is 2. The molecule has 1 amide bonds. The average molecular weight is 311 g/mol. The Morgan fingerprint density at radius 1 is 1.50 bits per heavy atom. The Kier molecular flexibility index (Phi) is 3.81. The number of fused-ring (bicyclic) bond motifs is 1. The van der Waals surface area contributed by atoms with Crippen LogP contribution < -0.4 is 16.4 Å². The lowest BCUT2D eigenvalue weighted by Crippen LogP contribution is -2.51. The molecule has 3 rings (SSSR count). The summed E-state index contributed by atoms with van der Waals surface area (Å²) in [4.78, 5) is 18.2. The average Bonchev–Trinajstić information content (AvgIpc) is 2.89. The van der Waals surface area contributed by atoms with Gasteiger partial charge < -0.3 is 25.6 Å². The van der Waals surface area contributed by atoms with E-state index >= 15 is 0 Å². The molecule has 6 unspecified atom stereocenters. The van der Waals surface area contributed by atoms with Crippen molar-refractivity contribution in [3.05, 3.63) is 11.8 Å². The highest BCUT2D eigenvalue weighted by Crippen LogP contribution is 2.30. The van der Waals surface area contributed by atoms with E-state index in [1.807, 2.05) is 18.1 Å². The molecule has 1 saturated heterocycles. The second-order valence-electron chi connectivity index (χ2n) is 5.89. The Bertz CT molecular complexity index is 537. The molecule has 22 heavy (non-hydrogen) atoms. The van der Waals surface area contributed by atoms with Crippen molar-refractivity contribution >= 4 is 11.9 Å². The molecule has 0 aromatic rings.